The van der Waals surface area contributed by atoms with E-state index in [4.69, 9.17) is 11.6 Å². The van der Waals surface area contributed by atoms with Crippen LogP contribution in [0.25, 0.3) is 0 Å². The molecule has 3 atom stereocenters. The maximum Gasteiger partial charge on any atom is 0.224 e. The Balaban J connectivity index is 1.82. The molecule has 1 saturated carbocycles. The highest BCUT2D eigenvalue weighted by Crippen LogP contribution is 2.28. The number of hydrogen-bond donors (Lipinski definition) is 1. The molecule has 2 nitrogen and oxygen atoms in total. The standard InChI is InChI=1S/C11H18ClNOS/c12-6-8-2-1-3-10(8)13-11(14)9-4-5-15-7-9/h8-10H,1-7H2,(H,13,14). The maximum absolute atomic E-state index is 11.9. The van der Waals surface area contributed by atoms with Crippen LogP contribution < -0.4 is 5.32 Å². The van der Waals surface area contributed by atoms with Crippen LogP contribution in [-0.2, 0) is 4.79 Å². The van der Waals surface area contributed by atoms with Crippen LogP contribution in [-0.4, -0.2) is 29.3 Å². The summed E-state index contributed by atoms with van der Waals surface area (Å²) in [7, 11) is 0. The molecule has 1 aliphatic heterocycles. The predicted octanol–water partition coefficient (Wildman–Crippen LogP) is 2.26. The Bertz CT molecular complexity index is 231. The maximum atomic E-state index is 11.9. The van der Waals surface area contributed by atoms with Crippen LogP contribution >= 0.6 is 23.4 Å². The van der Waals surface area contributed by atoms with Crippen LogP contribution in [0.1, 0.15) is 25.7 Å². The van der Waals surface area contributed by atoms with Gasteiger partial charge in [-0.3, -0.25) is 4.79 Å². The normalized spacial score (nSPS) is 35.7. The van der Waals surface area contributed by atoms with Gasteiger partial charge in [-0.05, 0) is 30.9 Å². The van der Waals surface area contributed by atoms with Crippen molar-refractivity contribution in [1.82, 2.24) is 5.32 Å². The summed E-state index contributed by atoms with van der Waals surface area (Å²) in [4.78, 5) is 11.9. The van der Waals surface area contributed by atoms with Crippen molar-refractivity contribution >= 4 is 29.3 Å². The topological polar surface area (TPSA) is 29.1 Å². The van der Waals surface area contributed by atoms with Gasteiger partial charge < -0.3 is 5.32 Å². The van der Waals surface area contributed by atoms with Gasteiger partial charge >= 0.3 is 0 Å². The molecule has 1 heterocycles. The third-order valence-corrected chi connectivity index (χ3v) is 5.04. The van der Waals surface area contributed by atoms with Crippen molar-refractivity contribution in [2.75, 3.05) is 17.4 Å². The van der Waals surface area contributed by atoms with Gasteiger partial charge in [0, 0.05) is 23.6 Å². The number of alkyl halides is 1. The van der Waals surface area contributed by atoms with Crippen molar-refractivity contribution in [2.45, 2.75) is 31.7 Å². The molecule has 0 aromatic heterocycles. The van der Waals surface area contributed by atoms with Crippen LogP contribution in [0, 0.1) is 11.8 Å². The molecule has 86 valence electrons. The van der Waals surface area contributed by atoms with Crippen molar-refractivity contribution in [3.63, 3.8) is 0 Å². The number of nitrogens with one attached hydrogen (secondary N) is 1. The Kier molecular flexibility index (Phi) is 4.21. The zero-order chi connectivity index (χ0) is 10.7. The highest BCUT2D eigenvalue weighted by Gasteiger charge is 2.31. The first-order chi connectivity index (χ1) is 7.31. The molecular formula is C11H18ClNOS. The highest BCUT2D eigenvalue weighted by atomic mass is 35.5. The number of carbonyl (C=O) groups excluding carboxylic acids is 1. The molecule has 2 rings (SSSR count). The lowest BCUT2D eigenvalue weighted by atomic mass is 10.0. The van der Waals surface area contributed by atoms with E-state index in [1.54, 1.807) is 0 Å². The van der Waals surface area contributed by atoms with Gasteiger partial charge in [0.25, 0.3) is 0 Å². The molecule has 1 aliphatic carbocycles. The summed E-state index contributed by atoms with van der Waals surface area (Å²) in [5.74, 6) is 3.86. The lowest BCUT2D eigenvalue weighted by Gasteiger charge is -2.20. The van der Waals surface area contributed by atoms with E-state index in [1.807, 2.05) is 11.8 Å². The largest absolute Gasteiger partial charge is 0.353 e. The molecule has 1 amide bonds. The Morgan fingerprint density at radius 2 is 2.27 bits per heavy atom. The van der Waals surface area contributed by atoms with Crippen molar-refractivity contribution in [1.29, 1.82) is 0 Å². The Hall–Kier alpha value is 0.110. The summed E-state index contributed by atoms with van der Waals surface area (Å²) in [6.07, 6.45) is 4.55. The van der Waals surface area contributed by atoms with Gasteiger partial charge in [0.15, 0.2) is 0 Å². The molecule has 0 aromatic carbocycles. The van der Waals surface area contributed by atoms with Gasteiger partial charge in [0.05, 0.1) is 0 Å². The lowest BCUT2D eigenvalue weighted by Crippen LogP contribution is -2.41. The molecular weight excluding hydrogens is 230 g/mol. The van der Waals surface area contributed by atoms with Gasteiger partial charge in [0.1, 0.15) is 0 Å². The summed E-state index contributed by atoms with van der Waals surface area (Å²) >= 11 is 7.78. The first-order valence-corrected chi connectivity index (χ1v) is 7.44. The van der Waals surface area contributed by atoms with E-state index in [0.717, 1.165) is 24.3 Å². The fourth-order valence-electron chi connectivity index (χ4n) is 2.45. The molecule has 15 heavy (non-hydrogen) atoms. The summed E-state index contributed by atoms with van der Waals surface area (Å²) in [6.45, 7) is 0. The third-order valence-electron chi connectivity index (χ3n) is 3.49. The van der Waals surface area contributed by atoms with Crippen LogP contribution in [0.4, 0.5) is 0 Å². The van der Waals surface area contributed by atoms with Crippen LogP contribution in [0.3, 0.4) is 0 Å². The van der Waals surface area contributed by atoms with Crippen LogP contribution in [0.15, 0.2) is 0 Å². The van der Waals surface area contributed by atoms with Gasteiger partial charge in [-0.1, -0.05) is 6.42 Å². The van der Waals surface area contributed by atoms with Crippen LogP contribution in [0.2, 0.25) is 0 Å². The number of halogens is 1. The molecule has 0 radical (unpaired) electrons. The second-order valence-corrected chi connectivity index (χ2v) is 5.98. The number of carbonyl (C=O) groups is 1. The van der Waals surface area contributed by atoms with Gasteiger partial charge in [0.2, 0.25) is 5.91 Å². The smallest absolute Gasteiger partial charge is 0.224 e. The zero-order valence-electron chi connectivity index (χ0n) is 8.88. The highest BCUT2D eigenvalue weighted by molar-refractivity contribution is 7.99. The van der Waals surface area contributed by atoms with Crippen molar-refractivity contribution in [3.8, 4) is 0 Å². The second kappa shape index (κ2) is 5.44. The second-order valence-electron chi connectivity index (χ2n) is 4.52. The molecule has 0 aromatic rings. The van der Waals surface area contributed by atoms with E-state index in [-0.39, 0.29) is 11.8 Å². The fourth-order valence-corrected chi connectivity index (χ4v) is 4.04. The lowest BCUT2D eigenvalue weighted by molar-refractivity contribution is -0.125. The third kappa shape index (κ3) is 2.82. The summed E-state index contributed by atoms with van der Waals surface area (Å²) in [5.41, 5.74) is 0. The minimum atomic E-state index is 0.256. The van der Waals surface area contributed by atoms with E-state index >= 15 is 0 Å². The van der Waals surface area contributed by atoms with E-state index in [2.05, 4.69) is 5.32 Å². The first kappa shape index (κ1) is 11.6. The molecule has 0 spiro atoms. The Morgan fingerprint density at radius 3 is 2.93 bits per heavy atom. The van der Waals surface area contributed by atoms with Crippen molar-refractivity contribution in [2.24, 2.45) is 11.8 Å². The average Bonchev–Trinajstić information content (AvgIpc) is 2.87. The summed E-state index contributed by atoms with van der Waals surface area (Å²) < 4.78 is 0. The molecule has 0 bridgehead atoms. The minimum Gasteiger partial charge on any atom is -0.353 e. The summed E-state index contributed by atoms with van der Waals surface area (Å²) in [6, 6.07) is 0.348. The van der Waals surface area contributed by atoms with Gasteiger partial charge in [-0.15, -0.1) is 11.6 Å². The molecule has 3 unspecified atom stereocenters. The Morgan fingerprint density at radius 1 is 1.40 bits per heavy atom. The molecule has 1 saturated heterocycles. The van der Waals surface area contributed by atoms with Crippen LogP contribution in [0.5, 0.6) is 0 Å². The van der Waals surface area contributed by atoms with E-state index in [1.165, 1.54) is 12.8 Å². The summed E-state index contributed by atoms with van der Waals surface area (Å²) in [5, 5.41) is 3.19. The zero-order valence-corrected chi connectivity index (χ0v) is 10.4. The first-order valence-electron chi connectivity index (χ1n) is 5.75. The van der Waals surface area contributed by atoms with E-state index < -0.39 is 0 Å². The SMILES string of the molecule is O=C(NC1CCCC1CCl)C1CCSC1. The average molecular weight is 248 g/mol. The van der Waals surface area contributed by atoms with E-state index in [9.17, 15) is 4.79 Å². The quantitative estimate of drug-likeness (QED) is 0.776. The molecule has 2 aliphatic rings. The number of amides is 1. The number of thioether (sulfide) groups is 1. The van der Waals surface area contributed by atoms with Crippen molar-refractivity contribution < 1.29 is 4.79 Å². The van der Waals surface area contributed by atoms with Gasteiger partial charge in [-0.2, -0.15) is 11.8 Å². The van der Waals surface area contributed by atoms with E-state index in [0.29, 0.717) is 17.8 Å². The Labute approximate surface area is 101 Å². The number of hydrogen-bond acceptors (Lipinski definition) is 2. The molecule has 1 N–H and O–H groups in total. The van der Waals surface area contributed by atoms with Crippen molar-refractivity contribution in [3.05, 3.63) is 0 Å². The fraction of sp³-hybridized carbons (Fsp3) is 0.909. The minimum absolute atomic E-state index is 0.256. The monoisotopic (exact) mass is 247 g/mol. The van der Waals surface area contributed by atoms with Gasteiger partial charge in [-0.25, -0.2) is 0 Å². The number of rotatable bonds is 3. The molecule has 2 fully saturated rings. The molecule has 4 heteroatoms. The predicted molar refractivity (Wildman–Crippen MR) is 65.4 cm³/mol.